The average Bonchev–Trinajstić information content (AvgIpc) is 2.72. The summed E-state index contributed by atoms with van der Waals surface area (Å²) in [7, 11) is 2.07. The second-order valence-electron chi connectivity index (χ2n) is 6.88. The lowest BCUT2D eigenvalue weighted by Crippen LogP contribution is -2.46. The number of hydrogen-bond donors (Lipinski definition) is 0. The van der Waals surface area contributed by atoms with E-state index in [1.807, 2.05) is 20.8 Å². The summed E-state index contributed by atoms with van der Waals surface area (Å²) in [6.07, 6.45) is 4.76. The predicted molar refractivity (Wildman–Crippen MR) is 87.8 cm³/mol. The van der Waals surface area contributed by atoms with Gasteiger partial charge in [-0.2, -0.15) is 0 Å². The molecule has 0 aromatic carbocycles. The average molecular weight is 323 g/mol. The van der Waals surface area contributed by atoms with E-state index >= 15 is 0 Å². The third kappa shape index (κ3) is 3.94. The van der Waals surface area contributed by atoms with E-state index in [1.165, 1.54) is 0 Å². The number of ether oxygens (including phenoxy) is 2. The molecule has 0 amide bonds. The topological polar surface area (TPSA) is 55.8 Å². The number of hydrogen-bond acceptors (Lipinski definition) is 5. The van der Waals surface area contributed by atoms with Crippen LogP contribution in [0.5, 0.6) is 0 Å². The maximum atomic E-state index is 12.1. The molecule has 130 valence electrons. The number of rotatable bonds is 5. The highest BCUT2D eigenvalue weighted by Gasteiger charge is 2.48. The highest BCUT2D eigenvalue weighted by molar-refractivity contribution is 5.87. The van der Waals surface area contributed by atoms with Gasteiger partial charge < -0.3 is 9.47 Å². The van der Waals surface area contributed by atoms with Crippen LogP contribution >= 0.6 is 0 Å². The molecule has 0 saturated carbocycles. The largest absolute Gasteiger partial charge is 0.460 e. The maximum absolute atomic E-state index is 12.1. The van der Waals surface area contributed by atoms with Crippen molar-refractivity contribution in [2.75, 3.05) is 7.05 Å². The molecule has 2 fully saturated rings. The van der Waals surface area contributed by atoms with Crippen LogP contribution in [0.1, 0.15) is 53.4 Å². The van der Waals surface area contributed by atoms with Crippen LogP contribution in [-0.2, 0) is 19.1 Å². The van der Waals surface area contributed by atoms with Gasteiger partial charge in [-0.3, -0.25) is 9.69 Å². The molecule has 0 N–H and O–H groups in total. The first-order valence-electron chi connectivity index (χ1n) is 8.63. The van der Waals surface area contributed by atoms with E-state index in [0.29, 0.717) is 11.6 Å². The monoisotopic (exact) mass is 323 g/mol. The Labute approximate surface area is 139 Å². The van der Waals surface area contributed by atoms with Crippen molar-refractivity contribution in [1.29, 1.82) is 0 Å². The predicted octanol–water partition coefficient (Wildman–Crippen LogP) is 2.69. The zero-order valence-corrected chi connectivity index (χ0v) is 14.9. The summed E-state index contributed by atoms with van der Waals surface area (Å²) in [4.78, 5) is 26.3. The molecule has 0 spiro atoms. The Morgan fingerprint density at radius 1 is 1.26 bits per heavy atom. The first-order chi connectivity index (χ1) is 10.9. The summed E-state index contributed by atoms with van der Waals surface area (Å²) < 4.78 is 11.4. The lowest BCUT2D eigenvalue weighted by molar-refractivity contribution is -0.157. The zero-order chi connectivity index (χ0) is 17.1. The van der Waals surface area contributed by atoms with E-state index < -0.39 is 0 Å². The van der Waals surface area contributed by atoms with E-state index in [0.717, 1.165) is 25.7 Å². The van der Waals surface area contributed by atoms with Gasteiger partial charge in [-0.15, -0.1) is 0 Å². The summed E-state index contributed by atoms with van der Waals surface area (Å²) >= 11 is 0. The minimum absolute atomic E-state index is 0.0632. The molecule has 5 atom stereocenters. The van der Waals surface area contributed by atoms with Crippen molar-refractivity contribution in [3.8, 4) is 0 Å². The smallest absolute Gasteiger partial charge is 0.333 e. The number of nitrogens with zero attached hydrogens (tertiary/aromatic N) is 1. The standard InChI is InChI=1S/C18H29NO4/c1-6-11(3)17(20)22-14-8-13-9-16(15(10-14)19(13)5)23-18(21)12(4)7-2/h6,12-16H,7-10H2,1-5H3. The minimum Gasteiger partial charge on any atom is -0.460 e. The molecule has 2 bridgehead atoms. The van der Waals surface area contributed by atoms with Crippen LogP contribution in [0.25, 0.3) is 0 Å². The van der Waals surface area contributed by atoms with Crippen LogP contribution in [0.4, 0.5) is 0 Å². The molecule has 5 nitrogen and oxygen atoms in total. The van der Waals surface area contributed by atoms with Crippen molar-refractivity contribution < 1.29 is 19.1 Å². The van der Waals surface area contributed by atoms with Gasteiger partial charge in [-0.1, -0.05) is 19.9 Å². The Bertz CT molecular complexity index is 487. The normalized spacial score (nSPS) is 32.5. The van der Waals surface area contributed by atoms with Crippen LogP contribution < -0.4 is 0 Å². The van der Waals surface area contributed by atoms with E-state index in [1.54, 1.807) is 13.0 Å². The number of allylic oxidation sites excluding steroid dienone is 1. The molecule has 5 unspecified atom stereocenters. The zero-order valence-electron chi connectivity index (χ0n) is 14.9. The molecule has 0 aromatic rings. The highest BCUT2D eigenvalue weighted by Crippen LogP contribution is 2.38. The molecule has 2 aliphatic rings. The van der Waals surface area contributed by atoms with Gasteiger partial charge in [0.05, 0.1) is 12.0 Å². The SMILES string of the molecule is CC=C(C)C(=O)OC1CC2CC(OC(=O)C(C)CC)C(C1)N2C. The van der Waals surface area contributed by atoms with Crippen molar-refractivity contribution in [2.45, 2.75) is 77.7 Å². The van der Waals surface area contributed by atoms with Crippen molar-refractivity contribution in [3.05, 3.63) is 11.6 Å². The van der Waals surface area contributed by atoms with E-state index in [9.17, 15) is 9.59 Å². The quantitative estimate of drug-likeness (QED) is 0.575. The summed E-state index contributed by atoms with van der Waals surface area (Å²) in [5.41, 5.74) is 0.635. The fourth-order valence-electron chi connectivity index (χ4n) is 3.39. The molecular weight excluding hydrogens is 294 g/mol. The van der Waals surface area contributed by atoms with Crippen molar-refractivity contribution in [2.24, 2.45) is 5.92 Å². The first-order valence-corrected chi connectivity index (χ1v) is 8.63. The molecule has 2 rings (SSSR count). The molecule has 2 saturated heterocycles. The summed E-state index contributed by atoms with van der Waals surface area (Å²) in [5, 5.41) is 0. The maximum Gasteiger partial charge on any atom is 0.333 e. The number of carbonyl (C=O) groups is 2. The van der Waals surface area contributed by atoms with Gasteiger partial charge in [0.25, 0.3) is 0 Å². The molecule has 2 heterocycles. The van der Waals surface area contributed by atoms with Crippen LogP contribution in [0.3, 0.4) is 0 Å². The second kappa shape index (κ2) is 7.47. The number of piperidine rings is 1. The molecular formula is C18H29NO4. The summed E-state index contributed by atoms with van der Waals surface area (Å²) in [5.74, 6) is -0.418. The molecule has 5 heteroatoms. The van der Waals surface area contributed by atoms with Crippen LogP contribution in [-0.4, -0.2) is 48.2 Å². The lowest BCUT2D eigenvalue weighted by atomic mass is 10.00. The fraction of sp³-hybridized carbons (Fsp3) is 0.778. The summed E-state index contributed by atoms with van der Waals surface area (Å²) in [6.45, 7) is 7.49. The Hall–Kier alpha value is -1.36. The molecule has 0 aliphatic carbocycles. The Balaban J connectivity index is 1.97. The van der Waals surface area contributed by atoms with Crippen molar-refractivity contribution in [3.63, 3.8) is 0 Å². The van der Waals surface area contributed by atoms with Gasteiger partial charge in [0, 0.05) is 30.9 Å². The van der Waals surface area contributed by atoms with Gasteiger partial charge in [0.2, 0.25) is 0 Å². The van der Waals surface area contributed by atoms with Crippen LogP contribution in [0, 0.1) is 5.92 Å². The second-order valence-corrected chi connectivity index (χ2v) is 6.88. The van der Waals surface area contributed by atoms with Crippen LogP contribution in [0.2, 0.25) is 0 Å². The van der Waals surface area contributed by atoms with Gasteiger partial charge in [0.1, 0.15) is 12.2 Å². The Morgan fingerprint density at radius 2 is 1.96 bits per heavy atom. The highest BCUT2D eigenvalue weighted by atomic mass is 16.6. The molecule has 0 radical (unpaired) electrons. The minimum atomic E-state index is -0.241. The number of fused-ring (bicyclic) bond motifs is 2. The Morgan fingerprint density at radius 3 is 2.57 bits per heavy atom. The third-order valence-electron chi connectivity index (χ3n) is 5.38. The van der Waals surface area contributed by atoms with Gasteiger partial charge in [-0.05, 0) is 27.3 Å². The van der Waals surface area contributed by atoms with E-state index in [4.69, 9.17) is 9.47 Å². The van der Waals surface area contributed by atoms with E-state index in [2.05, 4.69) is 11.9 Å². The van der Waals surface area contributed by atoms with Gasteiger partial charge in [-0.25, -0.2) is 4.79 Å². The van der Waals surface area contributed by atoms with Crippen molar-refractivity contribution in [1.82, 2.24) is 4.90 Å². The van der Waals surface area contributed by atoms with Gasteiger partial charge in [0.15, 0.2) is 0 Å². The van der Waals surface area contributed by atoms with Gasteiger partial charge >= 0.3 is 11.9 Å². The molecule has 23 heavy (non-hydrogen) atoms. The first kappa shape index (κ1) is 18.0. The third-order valence-corrected chi connectivity index (χ3v) is 5.38. The van der Waals surface area contributed by atoms with Crippen molar-refractivity contribution >= 4 is 11.9 Å². The number of likely N-dealkylation sites (N-methyl/N-ethyl adjacent to an activating group) is 1. The van der Waals surface area contributed by atoms with Crippen LogP contribution in [0.15, 0.2) is 11.6 Å². The fourth-order valence-corrected chi connectivity index (χ4v) is 3.39. The van der Waals surface area contributed by atoms with E-state index in [-0.39, 0.29) is 36.1 Å². The molecule has 0 aromatic heterocycles. The molecule has 2 aliphatic heterocycles. The number of carbonyl (C=O) groups excluding carboxylic acids is 2. The lowest BCUT2D eigenvalue weighted by Gasteiger charge is -2.36. The summed E-state index contributed by atoms with van der Waals surface area (Å²) in [6, 6.07) is 0.456. The Kier molecular flexibility index (Phi) is 5.84. The number of esters is 2.